The third-order valence-corrected chi connectivity index (χ3v) is 3.97. The second-order valence-electron chi connectivity index (χ2n) is 4.66. The summed E-state index contributed by atoms with van der Waals surface area (Å²) in [5.41, 5.74) is 2.03. The highest BCUT2D eigenvalue weighted by Gasteiger charge is 2.20. The Morgan fingerprint density at radius 1 is 1.24 bits per heavy atom. The first-order chi connectivity index (χ1) is 10.0. The van der Waals surface area contributed by atoms with Gasteiger partial charge in [0.05, 0.1) is 16.9 Å². The average molecular weight is 372 g/mol. The number of hydrogen-bond donors (Lipinski definition) is 0. The molecule has 1 aromatic heterocycles. The van der Waals surface area contributed by atoms with E-state index in [1.807, 2.05) is 19.1 Å². The van der Waals surface area contributed by atoms with Crippen LogP contribution >= 0.6 is 27.5 Å². The van der Waals surface area contributed by atoms with Crippen molar-refractivity contribution in [3.8, 4) is 5.69 Å². The molecule has 0 unspecified atom stereocenters. The molecule has 3 aromatic rings. The Kier molecular flexibility index (Phi) is 3.71. The predicted octanol–water partition coefficient (Wildman–Crippen LogP) is 5.11. The summed E-state index contributed by atoms with van der Waals surface area (Å²) in [5.74, 6) is -0.879. The van der Waals surface area contributed by atoms with Crippen molar-refractivity contribution < 1.29 is 8.78 Å². The second-order valence-corrected chi connectivity index (χ2v) is 5.84. The molecule has 1 heterocycles. The molecule has 2 nitrogen and oxygen atoms in total. The number of fused-ring (bicyclic) bond motifs is 1. The third-order valence-electron chi connectivity index (χ3n) is 3.27. The van der Waals surface area contributed by atoms with E-state index in [0.29, 0.717) is 21.3 Å². The topological polar surface area (TPSA) is 17.8 Å². The lowest BCUT2D eigenvalue weighted by molar-refractivity contribution is 0.567. The lowest BCUT2D eigenvalue weighted by Gasteiger charge is -2.12. The molecule has 0 atom stereocenters. The molecule has 2 aromatic carbocycles. The fourth-order valence-electron chi connectivity index (χ4n) is 2.42. The van der Waals surface area contributed by atoms with Gasteiger partial charge in [0, 0.05) is 4.47 Å². The normalized spacial score (nSPS) is 11.3. The minimum absolute atomic E-state index is 0.0586. The number of rotatable bonds is 2. The molecule has 0 saturated carbocycles. The number of hydrogen-bond acceptors (Lipinski definition) is 1. The van der Waals surface area contributed by atoms with E-state index in [1.54, 1.807) is 6.07 Å². The number of aryl methyl sites for hydroxylation is 1. The molecule has 6 heteroatoms. The molecular weight excluding hydrogens is 362 g/mol. The standard InChI is InChI=1S/C15H10BrClF2N2/c1-8-3-2-4-12-14(8)21(13(7-17)20-12)15-10(18)5-9(16)6-11(15)19/h2-6H,7H2,1H3. The fraction of sp³-hybridized carbons (Fsp3) is 0.133. The van der Waals surface area contributed by atoms with E-state index in [2.05, 4.69) is 20.9 Å². The van der Waals surface area contributed by atoms with E-state index in [0.717, 1.165) is 5.56 Å². The number of alkyl halides is 1. The molecule has 0 fully saturated rings. The molecule has 0 saturated heterocycles. The van der Waals surface area contributed by atoms with Gasteiger partial charge in [-0.3, -0.25) is 4.57 Å². The Balaban J connectivity index is 2.45. The molecule has 3 rings (SSSR count). The van der Waals surface area contributed by atoms with Crippen molar-refractivity contribution in [2.75, 3.05) is 0 Å². The molecule has 0 amide bonds. The first-order valence-electron chi connectivity index (χ1n) is 6.20. The lowest BCUT2D eigenvalue weighted by Crippen LogP contribution is -2.06. The van der Waals surface area contributed by atoms with Gasteiger partial charge in [-0.25, -0.2) is 13.8 Å². The average Bonchev–Trinajstić information content (AvgIpc) is 2.78. The Bertz CT molecular complexity index is 822. The quantitative estimate of drug-likeness (QED) is 0.572. The van der Waals surface area contributed by atoms with Crippen molar-refractivity contribution in [1.82, 2.24) is 9.55 Å². The SMILES string of the molecule is Cc1cccc2nc(CCl)n(-c3c(F)cc(Br)cc3F)c12. The molecule has 0 aliphatic carbocycles. The lowest BCUT2D eigenvalue weighted by atomic mass is 10.2. The maximum atomic E-state index is 14.3. The monoisotopic (exact) mass is 370 g/mol. The van der Waals surface area contributed by atoms with Gasteiger partial charge in [-0.1, -0.05) is 28.1 Å². The number of halogens is 4. The molecule has 0 aliphatic rings. The van der Waals surface area contributed by atoms with Crippen molar-refractivity contribution in [3.63, 3.8) is 0 Å². The highest BCUT2D eigenvalue weighted by Crippen LogP contribution is 2.30. The van der Waals surface area contributed by atoms with Crippen molar-refractivity contribution in [2.24, 2.45) is 0 Å². The van der Waals surface area contributed by atoms with Crippen LogP contribution in [0.4, 0.5) is 8.78 Å². The Morgan fingerprint density at radius 2 is 1.90 bits per heavy atom. The third kappa shape index (κ3) is 2.34. The van der Waals surface area contributed by atoms with Crippen LogP contribution in [0.1, 0.15) is 11.4 Å². The van der Waals surface area contributed by atoms with Crippen LogP contribution < -0.4 is 0 Å². The van der Waals surface area contributed by atoms with Crippen LogP contribution in [-0.2, 0) is 5.88 Å². The summed E-state index contributed by atoms with van der Waals surface area (Å²) in [6.07, 6.45) is 0. The van der Waals surface area contributed by atoms with Crippen LogP contribution in [0, 0.1) is 18.6 Å². The van der Waals surface area contributed by atoms with Gasteiger partial charge in [0.15, 0.2) is 11.6 Å². The molecule has 0 bridgehead atoms. The Morgan fingerprint density at radius 3 is 2.52 bits per heavy atom. The molecule has 0 N–H and O–H groups in total. The number of aromatic nitrogens is 2. The first-order valence-corrected chi connectivity index (χ1v) is 7.53. The van der Waals surface area contributed by atoms with Crippen molar-refractivity contribution in [2.45, 2.75) is 12.8 Å². The van der Waals surface area contributed by atoms with Gasteiger partial charge in [0.25, 0.3) is 0 Å². The summed E-state index contributed by atoms with van der Waals surface area (Å²) in [6.45, 7) is 1.87. The maximum Gasteiger partial charge on any atom is 0.151 e. The Hall–Kier alpha value is -1.46. The molecule has 0 spiro atoms. The van der Waals surface area contributed by atoms with Crippen LogP contribution in [0.15, 0.2) is 34.8 Å². The van der Waals surface area contributed by atoms with Crippen LogP contribution in [0.25, 0.3) is 16.7 Å². The molecule has 0 aliphatic heterocycles. The van der Waals surface area contributed by atoms with Crippen molar-refractivity contribution in [3.05, 3.63) is 57.8 Å². The fourth-order valence-corrected chi connectivity index (χ4v) is 3.00. The zero-order valence-corrected chi connectivity index (χ0v) is 13.3. The number of nitrogens with zero attached hydrogens (tertiary/aromatic N) is 2. The van der Waals surface area contributed by atoms with E-state index >= 15 is 0 Å². The van der Waals surface area contributed by atoms with Gasteiger partial charge in [-0.2, -0.15) is 0 Å². The van der Waals surface area contributed by atoms with Crippen LogP contribution in [0.5, 0.6) is 0 Å². The molecular formula is C15H10BrClF2N2. The first kappa shape index (κ1) is 14.5. The van der Waals surface area contributed by atoms with E-state index in [9.17, 15) is 8.78 Å². The summed E-state index contributed by atoms with van der Waals surface area (Å²) in [5, 5.41) is 0. The highest BCUT2D eigenvalue weighted by atomic mass is 79.9. The number of imidazole rings is 1. The number of benzene rings is 2. The summed E-state index contributed by atoms with van der Waals surface area (Å²) in [6, 6.07) is 7.96. The highest BCUT2D eigenvalue weighted by molar-refractivity contribution is 9.10. The Labute approximate surface area is 133 Å². The zero-order valence-electron chi connectivity index (χ0n) is 11.0. The second kappa shape index (κ2) is 5.39. The smallest absolute Gasteiger partial charge is 0.151 e. The van der Waals surface area contributed by atoms with E-state index in [1.165, 1.54) is 16.7 Å². The molecule has 0 radical (unpaired) electrons. The maximum absolute atomic E-state index is 14.3. The summed E-state index contributed by atoms with van der Waals surface area (Å²) < 4.78 is 30.4. The van der Waals surface area contributed by atoms with Crippen LogP contribution in [-0.4, -0.2) is 9.55 Å². The van der Waals surface area contributed by atoms with Gasteiger partial charge >= 0.3 is 0 Å². The summed E-state index contributed by atoms with van der Waals surface area (Å²) in [7, 11) is 0. The van der Waals surface area contributed by atoms with Crippen LogP contribution in [0.3, 0.4) is 0 Å². The van der Waals surface area contributed by atoms with Crippen LogP contribution in [0.2, 0.25) is 0 Å². The summed E-state index contributed by atoms with van der Waals surface area (Å²) in [4.78, 5) is 4.36. The minimum Gasteiger partial charge on any atom is -0.289 e. The van der Waals surface area contributed by atoms with Gasteiger partial charge < -0.3 is 0 Å². The van der Waals surface area contributed by atoms with Gasteiger partial charge in [0.1, 0.15) is 11.5 Å². The van der Waals surface area contributed by atoms with Gasteiger partial charge in [-0.05, 0) is 30.7 Å². The zero-order chi connectivity index (χ0) is 15.1. The van der Waals surface area contributed by atoms with Crippen molar-refractivity contribution in [1.29, 1.82) is 0 Å². The van der Waals surface area contributed by atoms with E-state index in [4.69, 9.17) is 11.6 Å². The van der Waals surface area contributed by atoms with Crippen molar-refractivity contribution >= 4 is 38.6 Å². The van der Waals surface area contributed by atoms with E-state index < -0.39 is 11.6 Å². The van der Waals surface area contributed by atoms with Gasteiger partial charge in [-0.15, -0.1) is 11.6 Å². The molecule has 21 heavy (non-hydrogen) atoms. The van der Waals surface area contributed by atoms with E-state index in [-0.39, 0.29) is 11.6 Å². The predicted molar refractivity (Wildman–Crippen MR) is 83.0 cm³/mol. The minimum atomic E-state index is -0.671. The number of para-hydroxylation sites is 1. The molecule has 108 valence electrons. The largest absolute Gasteiger partial charge is 0.289 e. The summed E-state index contributed by atoms with van der Waals surface area (Å²) >= 11 is 8.98. The van der Waals surface area contributed by atoms with Gasteiger partial charge in [0.2, 0.25) is 0 Å².